The van der Waals surface area contributed by atoms with E-state index in [1.807, 2.05) is 30.5 Å². The van der Waals surface area contributed by atoms with E-state index in [0.29, 0.717) is 18.9 Å². The smallest absolute Gasteiger partial charge is 0.237 e. The van der Waals surface area contributed by atoms with Crippen molar-refractivity contribution in [2.24, 2.45) is 0 Å². The molecule has 0 aliphatic carbocycles. The fraction of sp³-hybridized carbons (Fsp3) is 0.368. The second-order valence-electron chi connectivity index (χ2n) is 7.18. The summed E-state index contributed by atoms with van der Waals surface area (Å²) in [7, 11) is -3.34. The van der Waals surface area contributed by atoms with E-state index in [4.69, 9.17) is 0 Å². The molecule has 146 valence electrons. The first kappa shape index (κ1) is 18.5. The van der Waals surface area contributed by atoms with Gasteiger partial charge in [-0.2, -0.15) is 5.10 Å². The number of piperidine rings is 1. The highest BCUT2D eigenvalue weighted by Gasteiger charge is 2.28. The topological polar surface area (TPSA) is 97.5 Å². The molecule has 1 saturated heterocycles. The molecule has 4 heterocycles. The molecule has 0 bridgehead atoms. The molecule has 0 unspecified atom stereocenters. The molecule has 0 radical (unpaired) electrons. The number of hydrogen-bond acceptors (Lipinski definition) is 6. The highest BCUT2D eigenvalue weighted by atomic mass is 32.2. The van der Waals surface area contributed by atoms with Crippen LogP contribution in [0, 0.1) is 0 Å². The molecule has 3 aromatic rings. The van der Waals surface area contributed by atoms with E-state index in [0.717, 1.165) is 35.9 Å². The molecule has 1 amide bonds. The quantitative estimate of drug-likeness (QED) is 0.660. The van der Waals surface area contributed by atoms with Crippen LogP contribution < -0.4 is 0 Å². The van der Waals surface area contributed by atoms with Gasteiger partial charge in [0.05, 0.1) is 0 Å². The van der Waals surface area contributed by atoms with Crippen molar-refractivity contribution < 1.29 is 13.2 Å². The van der Waals surface area contributed by atoms with E-state index in [1.54, 1.807) is 21.8 Å². The van der Waals surface area contributed by atoms with Gasteiger partial charge in [0.1, 0.15) is 5.75 Å². The van der Waals surface area contributed by atoms with Crippen molar-refractivity contribution in [3.63, 3.8) is 0 Å². The Bertz CT molecular complexity index is 1110. The lowest BCUT2D eigenvalue weighted by atomic mass is 9.97. The number of hydrogen-bond donors (Lipinski definition) is 0. The SMILES string of the molecule is CS(=O)(=O)CC(=O)N1CCC[C@@H](c2nc3ccc(-c4cccnc4)cn3n2)C1. The zero-order chi connectivity index (χ0) is 19.7. The van der Waals surface area contributed by atoms with Crippen molar-refractivity contribution in [2.45, 2.75) is 18.8 Å². The Labute approximate surface area is 163 Å². The number of rotatable bonds is 4. The molecule has 0 N–H and O–H groups in total. The first-order valence-corrected chi connectivity index (χ1v) is 11.2. The van der Waals surface area contributed by atoms with Crippen molar-refractivity contribution in [2.75, 3.05) is 25.1 Å². The number of likely N-dealkylation sites (tertiary alicyclic amines) is 1. The minimum Gasteiger partial charge on any atom is -0.341 e. The molecule has 0 aromatic carbocycles. The van der Waals surface area contributed by atoms with Crippen molar-refractivity contribution in [1.82, 2.24) is 24.5 Å². The summed E-state index contributed by atoms with van der Waals surface area (Å²) in [6.07, 6.45) is 8.20. The lowest BCUT2D eigenvalue weighted by Gasteiger charge is -2.31. The third-order valence-electron chi connectivity index (χ3n) is 4.87. The van der Waals surface area contributed by atoms with E-state index >= 15 is 0 Å². The molecule has 1 aliphatic heterocycles. The van der Waals surface area contributed by atoms with Crippen LogP contribution in [0.25, 0.3) is 16.8 Å². The van der Waals surface area contributed by atoms with Crippen LogP contribution >= 0.6 is 0 Å². The Hall–Kier alpha value is -2.81. The van der Waals surface area contributed by atoms with Crippen LogP contribution in [0.1, 0.15) is 24.6 Å². The molecule has 8 nitrogen and oxygen atoms in total. The molecular weight excluding hydrogens is 378 g/mol. The van der Waals surface area contributed by atoms with Crippen molar-refractivity contribution in [1.29, 1.82) is 0 Å². The fourth-order valence-electron chi connectivity index (χ4n) is 3.51. The van der Waals surface area contributed by atoms with Crippen LogP contribution in [-0.2, 0) is 14.6 Å². The lowest BCUT2D eigenvalue weighted by molar-refractivity contribution is -0.129. The maximum Gasteiger partial charge on any atom is 0.237 e. The molecular formula is C19H21N5O3S. The van der Waals surface area contributed by atoms with Crippen LogP contribution in [0.15, 0.2) is 42.9 Å². The van der Waals surface area contributed by atoms with Gasteiger partial charge in [0.25, 0.3) is 0 Å². The van der Waals surface area contributed by atoms with Gasteiger partial charge in [0, 0.05) is 55.0 Å². The molecule has 1 fully saturated rings. The molecule has 0 saturated carbocycles. The summed E-state index contributed by atoms with van der Waals surface area (Å²) in [6, 6.07) is 7.76. The van der Waals surface area contributed by atoms with Gasteiger partial charge < -0.3 is 4.90 Å². The van der Waals surface area contributed by atoms with Gasteiger partial charge in [0.2, 0.25) is 5.91 Å². The van der Waals surface area contributed by atoms with E-state index in [-0.39, 0.29) is 11.8 Å². The van der Waals surface area contributed by atoms with Gasteiger partial charge in [-0.25, -0.2) is 17.9 Å². The minimum atomic E-state index is -3.34. The Balaban J connectivity index is 1.56. The molecule has 0 spiro atoms. The zero-order valence-corrected chi connectivity index (χ0v) is 16.3. The fourth-order valence-corrected chi connectivity index (χ4v) is 4.14. The number of aromatic nitrogens is 4. The van der Waals surface area contributed by atoms with Crippen LogP contribution in [0.3, 0.4) is 0 Å². The summed E-state index contributed by atoms with van der Waals surface area (Å²) in [4.78, 5) is 22.6. The molecule has 1 atom stereocenters. The molecule has 1 aliphatic rings. The Morgan fingerprint density at radius 1 is 1.25 bits per heavy atom. The van der Waals surface area contributed by atoms with E-state index < -0.39 is 15.6 Å². The number of nitrogens with zero attached hydrogens (tertiary/aromatic N) is 5. The highest BCUT2D eigenvalue weighted by molar-refractivity contribution is 7.91. The van der Waals surface area contributed by atoms with Crippen LogP contribution in [0.4, 0.5) is 0 Å². The Morgan fingerprint density at radius 3 is 2.86 bits per heavy atom. The maximum absolute atomic E-state index is 12.3. The average Bonchev–Trinajstić information content (AvgIpc) is 3.11. The van der Waals surface area contributed by atoms with Gasteiger partial charge in [0.15, 0.2) is 21.3 Å². The number of carbonyl (C=O) groups is 1. The summed E-state index contributed by atoms with van der Waals surface area (Å²) >= 11 is 0. The lowest BCUT2D eigenvalue weighted by Crippen LogP contribution is -2.42. The van der Waals surface area contributed by atoms with Gasteiger partial charge >= 0.3 is 0 Å². The normalized spacial score (nSPS) is 17.8. The van der Waals surface area contributed by atoms with Gasteiger partial charge in [-0.1, -0.05) is 6.07 Å². The monoisotopic (exact) mass is 399 g/mol. The summed E-state index contributed by atoms with van der Waals surface area (Å²) < 4.78 is 24.6. The van der Waals surface area contributed by atoms with Crippen molar-refractivity contribution in [3.8, 4) is 11.1 Å². The number of sulfone groups is 1. The van der Waals surface area contributed by atoms with E-state index in [1.165, 1.54) is 0 Å². The average molecular weight is 399 g/mol. The summed E-state index contributed by atoms with van der Waals surface area (Å²) in [5.41, 5.74) is 2.73. The second kappa shape index (κ2) is 7.31. The second-order valence-corrected chi connectivity index (χ2v) is 9.32. The van der Waals surface area contributed by atoms with E-state index in [2.05, 4.69) is 15.1 Å². The largest absolute Gasteiger partial charge is 0.341 e. The highest BCUT2D eigenvalue weighted by Crippen LogP contribution is 2.26. The number of fused-ring (bicyclic) bond motifs is 1. The first-order valence-electron chi connectivity index (χ1n) is 9.11. The predicted molar refractivity (Wildman–Crippen MR) is 104 cm³/mol. The molecule has 9 heteroatoms. The van der Waals surface area contributed by atoms with Gasteiger partial charge in [-0.3, -0.25) is 9.78 Å². The third kappa shape index (κ3) is 4.04. The number of amides is 1. The van der Waals surface area contributed by atoms with Crippen molar-refractivity contribution in [3.05, 3.63) is 48.7 Å². The number of pyridine rings is 2. The zero-order valence-electron chi connectivity index (χ0n) is 15.5. The standard InChI is InChI=1S/C19H21N5O3S/c1-28(26,27)13-18(25)23-9-3-5-16(11-23)19-21-17-7-6-15(12-24(17)22-19)14-4-2-8-20-10-14/h2,4,6-8,10,12,16H,3,5,9,11,13H2,1H3/t16-/m1/s1. The molecule has 3 aromatic heterocycles. The summed E-state index contributed by atoms with van der Waals surface area (Å²) in [5, 5.41) is 4.62. The molecule has 4 rings (SSSR count). The third-order valence-corrected chi connectivity index (χ3v) is 5.64. The van der Waals surface area contributed by atoms with Crippen LogP contribution in [0.2, 0.25) is 0 Å². The van der Waals surface area contributed by atoms with Crippen molar-refractivity contribution >= 4 is 21.4 Å². The predicted octanol–water partition coefficient (Wildman–Crippen LogP) is 1.54. The molecule has 28 heavy (non-hydrogen) atoms. The van der Waals surface area contributed by atoms with Crippen LogP contribution in [-0.4, -0.2) is 63.9 Å². The summed E-state index contributed by atoms with van der Waals surface area (Å²) in [5.74, 6) is -0.124. The maximum atomic E-state index is 12.3. The van der Waals surface area contributed by atoms with Gasteiger partial charge in [-0.15, -0.1) is 0 Å². The number of carbonyl (C=O) groups excluding carboxylic acids is 1. The van der Waals surface area contributed by atoms with E-state index in [9.17, 15) is 13.2 Å². The van der Waals surface area contributed by atoms with Gasteiger partial charge in [-0.05, 0) is 31.0 Å². The Kier molecular flexibility index (Phi) is 4.84. The summed E-state index contributed by atoms with van der Waals surface area (Å²) in [6.45, 7) is 1.02. The minimum absolute atomic E-state index is 0.000924. The van der Waals surface area contributed by atoms with Crippen LogP contribution in [0.5, 0.6) is 0 Å². The first-order chi connectivity index (χ1) is 13.4. The Morgan fingerprint density at radius 2 is 2.11 bits per heavy atom.